The van der Waals surface area contributed by atoms with Crippen LogP contribution >= 0.6 is 0 Å². The number of aromatic nitrogens is 4. The predicted octanol–water partition coefficient (Wildman–Crippen LogP) is 9.21. The van der Waals surface area contributed by atoms with Gasteiger partial charge in [0.15, 0.2) is 0 Å². The molecule has 14 heteroatoms. The molecule has 0 spiro atoms. The minimum Gasteiger partial charge on any atom is -0.489 e. The van der Waals surface area contributed by atoms with Crippen LogP contribution in [-0.4, -0.2) is 68.8 Å². The summed E-state index contributed by atoms with van der Waals surface area (Å²) in [5.74, 6) is 1.54. The fraction of sp³-hybridized carbons (Fsp3) is 0.156. The number of anilines is 6. The molecule has 3 heterocycles. The first-order chi connectivity index (χ1) is 28.7. The summed E-state index contributed by atoms with van der Waals surface area (Å²) in [6.07, 6.45) is 3.25. The Labute approximate surface area is 339 Å². The Balaban J connectivity index is 0.000000204. The Hall–Kier alpha value is -7.48. The smallest absolute Gasteiger partial charge is 0.255 e. The molecular weight excluding hydrogens is 753 g/mol. The largest absolute Gasteiger partial charge is 0.489 e. The molecule has 0 aliphatic carbocycles. The van der Waals surface area contributed by atoms with Gasteiger partial charge in [0.05, 0.1) is 24.1 Å². The van der Waals surface area contributed by atoms with Gasteiger partial charge in [-0.1, -0.05) is 55.1 Å². The van der Waals surface area contributed by atoms with Gasteiger partial charge in [0.25, 0.3) is 6.43 Å². The fourth-order valence-electron chi connectivity index (χ4n) is 6.38. The lowest BCUT2D eigenvalue weighted by Crippen LogP contribution is -2.28. The maximum atomic E-state index is 12.1. The second kappa shape index (κ2) is 18.6. The number of carbonyl (C=O) groups excluding carboxylic acids is 2. The van der Waals surface area contributed by atoms with Crippen molar-refractivity contribution in [3.8, 4) is 16.9 Å². The van der Waals surface area contributed by atoms with Crippen LogP contribution in [-0.2, 0) is 9.59 Å². The third kappa shape index (κ3) is 10.7. The number of carbonyl (C=O) groups is 2. The number of halogens is 2. The molecule has 2 amide bonds. The van der Waals surface area contributed by atoms with Crippen LogP contribution in [0, 0.1) is 0 Å². The third-order valence-electron chi connectivity index (χ3n) is 9.33. The summed E-state index contributed by atoms with van der Waals surface area (Å²) >= 11 is 0. The molecule has 8 rings (SSSR count). The molecule has 1 unspecified atom stereocenters. The second-order valence-corrected chi connectivity index (χ2v) is 13.6. The maximum Gasteiger partial charge on any atom is 0.255 e. The number of hydrogen-bond acceptors (Lipinski definition) is 10. The van der Waals surface area contributed by atoms with Crippen molar-refractivity contribution in [2.75, 3.05) is 40.9 Å². The quantitative estimate of drug-likeness (QED) is 0.0884. The molecule has 59 heavy (non-hydrogen) atoms. The van der Waals surface area contributed by atoms with Crippen LogP contribution in [0.2, 0.25) is 0 Å². The second-order valence-electron chi connectivity index (χ2n) is 13.6. The van der Waals surface area contributed by atoms with E-state index in [0.29, 0.717) is 29.8 Å². The lowest BCUT2D eigenvalue weighted by atomic mass is 10.0. The molecule has 0 bridgehead atoms. The maximum absolute atomic E-state index is 12.1. The lowest BCUT2D eigenvalue weighted by molar-refractivity contribution is -0.128. The van der Waals surface area contributed by atoms with Crippen LogP contribution in [0.4, 0.5) is 43.4 Å². The highest BCUT2D eigenvalue weighted by atomic mass is 19.3. The average Bonchev–Trinajstić information content (AvgIpc) is 3.73. The zero-order valence-corrected chi connectivity index (χ0v) is 32.1. The van der Waals surface area contributed by atoms with E-state index >= 15 is 0 Å². The minimum atomic E-state index is -2.37. The van der Waals surface area contributed by atoms with E-state index in [0.717, 1.165) is 63.0 Å². The van der Waals surface area contributed by atoms with Crippen LogP contribution in [0.25, 0.3) is 32.9 Å². The summed E-state index contributed by atoms with van der Waals surface area (Å²) in [6.45, 7) is 6.07. The van der Waals surface area contributed by atoms with E-state index in [2.05, 4.69) is 42.8 Å². The number of alkyl halides is 2. The van der Waals surface area contributed by atoms with E-state index in [4.69, 9.17) is 9.72 Å². The van der Waals surface area contributed by atoms with Gasteiger partial charge >= 0.3 is 0 Å². The number of ether oxygens (including phenoxy) is 1. The topological polar surface area (TPSA) is 146 Å². The van der Waals surface area contributed by atoms with E-state index in [-0.39, 0.29) is 24.5 Å². The van der Waals surface area contributed by atoms with E-state index < -0.39 is 6.43 Å². The Morgan fingerprint density at radius 1 is 0.814 bits per heavy atom. The molecule has 12 nitrogen and oxygen atoms in total. The average molecular weight is 794 g/mol. The van der Waals surface area contributed by atoms with Gasteiger partial charge in [0, 0.05) is 71.4 Å². The predicted molar refractivity (Wildman–Crippen MR) is 229 cm³/mol. The Morgan fingerprint density at radius 3 is 2.19 bits per heavy atom. The number of hydrogen-bond donors (Lipinski definition) is 4. The van der Waals surface area contributed by atoms with Crippen LogP contribution in [0.3, 0.4) is 0 Å². The van der Waals surface area contributed by atoms with Crippen molar-refractivity contribution >= 4 is 68.3 Å². The van der Waals surface area contributed by atoms with Gasteiger partial charge in [0.2, 0.25) is 23.7 Å². The molecule has 1 saturated heterocycles. The van der Waals surface area contributed by atoms with E-state index in [1.165, 1.54) is 6.08 Å². The molecule has 4 N–H and O–H groups in total. The summed E-state index contributed by atoms with van der Waals surface area (Å²) in [5.41, 5.74) is 6.45. The highest BCUT2D eigenvalue weighted by molar-refractivity contribution is 6.00. The van der Waals surface area contributed by atoms with Crippen LogP contribution < -0.4 is 26.0 Å². The standard InChI is InChI=1S/C29H27N5O3.C16H14F2N4/c1-3-27(36)31-23-8-4-6-20(16-23)26-9-5-7-21-17-30-29(33-28(21)26)32-22-10-12-24(13-11-22)37-25-14-15-34(18-25)19(2)35;17-15(18)10-19-12-5-7-13(8-6-12)21-16-20-9-11-3-1-2-4-14(11)22-16/h3-13,16-17,25H,1,14-15,18H2,2H3,(H,31,36)(H,30,32,33);1-9,15,19H,10H2,(H,20,21,22). The summed E-state index contributed by atoms with van der Waals surface area (Å²) < 4.78 is 30.3. The lowest BCUT2D eigenvalue weighted by Gasteiger charge is -2.16. The zero-order valence-electron chi connectivity index (χ0n) is 32.1. The molecule has 2 aromatic heterocycles. The molecule has 0 saturated carbocycles. The van der Waals surface area contributed by atoms with Crippen molar-refractivity contribution < 1.29 is 23.1 Å². The molecule has 1 aliphatic rings. The summed E-state index contributed by atoms with van der Waals surface area (Å²) in [4.78, 5) is 43.0. The number of amides is 2. The Morgan fingerprint density at radius 2 is 1.47 bits per heavy atom. The first-order valence-electron chi connectivity index (χ1n) is 18.9. The SMILES string of the molecule is C=CC(=O)Nc1cccc(-c2cccc3cnc(Nc4ccc(OC5CCN(C(C)=O)C5)cc4)nc23)c1.FC(F)CNc1ccc(Nc2ncc3ccccc3n2)cc1. The summed E-state index contributed by atoms with van der Waals surface area (Å²) in [5, 5.41) is 13.7. The summed E-state index contributed by atoms with van der Waals surface area (Å²) in [7, 11) is 0. The molecule has 1 aliphatic heterocycles. The van der Waals surface area contributed by atoms with Gasteiger partial charge in [-0.3, -0.25) is 9.59 Å². The van der Waals surface area contributed by atoms with Crippen LogP contribution in [0.1, 0.15) is 13.3 Å². The monoisotopic (exact) mass is 793 g/mol. The number of nitrogens with zero attached hydrogens (tertiary/aromatic N) is 5. The minimum absolute atomic E-state index is 0.00791. The number of fused-ring (bicyclic) bond motifs is 2. The van der Waals surface area contributed by atoms with E-state index in [1.807, 2.05) is 91.0 Å². The number of para-hydroxylation sites is 2. The zero-order chi connectivity index (χ0) is 41.1. The first kappa shape index (κ1) is 39.7. The van der Waals surface area contributed by atoms with Crippen molar-refractivity contribution in [2.24, 2.45) is 0 Å². The number of benzene rings is 5. The Kier molecular flexibility index (Phi) is 12.6. The van der Waals surface area contributed by atoms with Gasteiger partial charge < -0.3 is 30.9 Å². The van der Waals surface area contributed by atoms with Crippen LogP contribution in [0.5, 0.6) is 5.75 Å². The molecule has 1 atom stereocenters. The fourth-order valence-corrected chi connectivity index (χ4v) is 6.38. The van der Waals surface area contributed by atoms with Gasteiger partial charge in [-0.25, -0.2) is 28.7 Å². The molecule has 1 fully saturated rings. The third-order valence-corrected chi connectivity index (χ3v) is 9.33. The highest BCUT2D eigenvalue weighted by Gasteiger charge is 2.25. The first-order valence-corrected chi connectivity index (χ1v) is 18.9. The van der Waals surface area contributed by atoms with Gasteiger partial charge in [-0.15, -0.1) is 0 Å². The molecule has 298 valence electrons. The molecule has 5 aromatic carbocycles. The van der Waals surface area contributed by atoms with E-state index in [1.54, 1.807) is 48.5 Å². The number of rotatable bonds is 12. The van der Waals surface area contributed by atoms with Crippen molar-refractivity contribution in [1.29, 1.82) is 0 Å². The highest BCUT2D eigenvalue weighted by Crippen LogP contribution is 2.30. The molecule has 0 radical (unpaired) electrons. The van der Waals surface area contributed by atoms with Crippen molar-refractivity contribution in [1.82, 2.24) is 24.8 Å². The van der Waals surface area contributed by atoms with Crippen molar-refractivity contribution in [3.05, 3.63) is 140 Å². The number of nitrogens with one attached hydrogen (secondary N) is 4. The normalized spacial score (nSPS) is 13.4. The van der Waals surface area contributed by atoms with Crippen LogP contribution in [0.15, 0.2) is 140 Å². The Bertz CT molecular complexity index is 2570. The van der Waals surface area contributed by atoms with Gasteiger partial charge in [-0.05, 0) is 78.4 Å². The molecule has 7 aromatic rings. The van der Waals surface area contributed by atoms with E-state index in [9.17, 15) is 18.4 Å². The molecular formula is C45H41F2N9O3. The van der Waals surface area contributed by atoms with Gasteiger partial charge in [-0.2, -0.15) is 0 Å². The van der Waals surface area contributed by atoms with Crippen molar-refractivity contribution in [2.45, 2.75) is 25.9 Å². The van der Waals surface area contributed by atoms with Gasteiger partial charge in [0.1, 0.15) is 11.9 Å². The van der Waals surface area contributed by atoms with Crippen molar-refractivity contribution in [3.63, 3.8) is 0 Å². The number of likely N-dealkylation sites (tertiary alicyclic amines) is 1. The summed E-state index contributed by atoms with van der Waals surface area (Å²) in [6, 6.07) is 35.9.